The third-order valence-corrected chi connectivity index (χ3v) is 3.11. The molecule has 1 heterocycles. The zero-order chi connectivity index (χ0) is 12.8. The second-order valence-corrected chi connectivity index (χ2v) is 4.58. The minimum absolute atomic E-state index is 0.0621. The first-order valence-electron chi connectivity index (χ1n) is 6.36. The monoisotopic (exact) mass is 249 g/mol. The van der Waals surface area contributed by atoms with Crippen molar-refractivity contribution in [2.75, 3.05) is 13.2 Å². The van der Waals surface area contributed by atoms with Crippen LogP contribution in [0.2, 0.25) is 0 Å². The van der Waals surface area contributed by atoms with Crippen LogP contribution in [0.1, 0.15) is 18.4 Å². The normalized spacial score (nSPS) is 20.6. The van der Waals surface area contributed by atoms with E-state index in [1.54, 1.807) is 0 Å². The van der Waals surface area contributed by atoms with E-state index in [4.69, 9.17) is 4.74 Å². The van der Waals surface area contributed by atoms with Crippen LogP contribution in [0.4, 0.5) is 0 Å². The molecule has 0 aliphatic carbocycles. The van der Waals surface area contributed by atoms with Crippen LogP contribution in [0.15, 0.2) is 30.3 Å². The summed E-state index contributed by atoms with van der Waals surface area (Å²) in [4.78, 5) is 11.9. The number of carbonyl (C=O) groups is 1. The van der Waals surface area contributed by atoms with Crippen LogP contribution in [-0.2, 0) is 16.0 Å². The molecule has 2 rings (SSSR count). The first kappa shape index (κ1) is 13.1. The maximum atomic E-state index is 11.9. The molecule has 1 amide bonds. The van der Waals surface area contributed by atoms with Gasteiger partial charge in [0.2, 0.25) is 5.91 Å². The van der Waals surface area contributed by atoms with E-state index in [9.17, 15) is 9.90 Å². The minimum atomic E-state index is -0.338. The van der Waals surface area contributed by atoms with Gasteiger partial charge in [0.15, 0.2) is 0 Å². The van der Waals surface area contributed by atoms with E-state index in [0.29, 0.717) is 13.0 Å². The average molecular weight is 249 g/mol. The van der Waals surface area contributed by atoms with E-state index in [-0.39, 0.29) is 24.7 Å². The van der Waals surface area contributed by atoms with Crippen molar-refractivity contribution in [1.82, 2.24) is 5.32 Å². The van der Waals surface area contributed by atoms with Gasteiger partial charge in [-0.2, -0.15) is 0 Å². The number of rotatable bonds is 5. The van der Waals surface area contributed by atoms with Crippen LogP contribution in [0.5, 0.6) is 0 Å². The molecule has 1 fully saturated rings. The molecule has 98 valence electrons. The molecule has 1 saturated heterocycles. The summed E-state index contributed by atoms with van der Waals surface area (Å²) in [6, 6.07) is 9.57. The predicted molar refractivity (Wildman–Crippen MR) is 68.1 cm³/mol. The van der Waals surface area contributed by atoms with Crippen molar-refractivity contribution in [3.8, 4) is 0 Å². The van der Waals surface area contributed by atoms with E-state index < -0.39 is 0 Å². The number of aliphatic hydroxyl groups excluding tert-OH is 1. The van der Waals surface area contributed by atoms with Crippen LogP contribution in [-0.4, -0.2) is 36.4 Å². The second-order valence-electron chi connectivity index (χ2n) is 4.58. The number of ether oxygens (including phenoxy) is 1. The molecule has 0 radical (unpaired) electrons. The molecule has 2 N–H and O–H groups in total. The summed E-state index contributed by atoms with van der Waals surface area (Å²) in [5.74, 6) is -0.109. The van der Waals surface area contributed by atoms with E-state index in [2.05, 4.69) is 5.32 Å². The molecule has 1 aliphatic rings. The van der Waals surface area contributed by atoms with Crippen molar-refractivity contribution in [1.29, 1.82) is 0 Å². The Hall–Kier alpha value is -1.39. The summed E-state index contributed by atoms with van der Waals surface area (Å²) < 4.78 is 5.32. The zero-order valence-electron chi connectivity index (χ0n) is 10.3. The predicted octanol–water partition coefficient (Wildman–Crippen LogP) is 0.885. The molecule has 1 unspecified atom stereocenters. The molecule has 2 atom stereocenters. The number of carbonyl (C=O) groups excluding carboxylic acids is 1. The van der Waals surface area contributed by atoms with Gasteiger partial charge in [-0.3, -0.25) is 4.79 Å². The molecule has 0 bridgehead atoms. The van der Waals surface area contributed by atoms with Gasteiger partial charge in [-0.15, -0.1) is 0 Å². The van der Waals surface area contributed by atoms with Gasteiger partial charge in [0, 0.05) is 6.61 Å². The maximum absolute atomic E-state index is 11.9. The summed E-state index contributed by atoms with van der Waals surface area (Å²) >= 11 is 0. The summed E-state index contributed by atoms with van der Waals surface area (Å²) in [7, 11) is 0. The standard InChI is InChI=1S/C14H19NO3/c16-10-12(9-11-5-2-1-3-6-11)15-14(17)13-7-4-8-18-13/h1-3,5-6,12-13,16H,4,7-10H2,(H,15,17)/t12-,13?/m0/s1. The Morgan fingerprint density at radius 2 is 2.22 bits per heavy atom. The highest BCUT2D eigenvalue weighted by atomic mass is 16.5. The lowest BCUT2D eigenvalue weighted by atomic mass is 10.1. The van der Waals surface area contributed by atoms with Gasteiger partial charge in [0.25, 0.3) is 0 Å². The summed E-state index contributed by atoms with van der Waals surface area (Å²) in [5.41, 5.74) is 1.10. The highest BCUT2D eigenvalue weighted by Gasteiger charge is 2.25. The van der Waals surface area contributed by atoms with E-state index in [0.717, 1.165) is 18.4 Å². The minimum Gasteiger partial charge on any atom is -0.394 e. The third-order valence-electron chi connectivity index (χ3n) is 3.11. The summed E-state index contributed by atoms with van der Waals surface area (Å²) in [6.45, 7) is 0.591. The first-order chi connectivity index (χ1) is 8.79. The van der Waals surface area contributed by atoms with Crippen molar-refractivity contribution >= 4 is 5.91 Å². The Labute approximate surface area is 107 Å². The third kappa shape index (κ3) is 3.55. The molecule has 0 saturated carbocycles. The smallest absolute Gasteiger partial charge is 0.249 e. The fourth-order valence-corrected chi connectivity index (χ4v) is 2.14. The molecule has 18 heavy (non-hydrogen) atoms. The highest BCUT2D eigenvalue weighted by molar-refractivity contribution is 5.81. The molecule has 0 spiro atoms. The van der Waals surface area contributed by atoms with Crippen LogP contribution < -0.4 is 5.32 Å². The molecule has 4 nitrogen and oxygen atoms in total. The van der Waals surface area contributed by atoms with Gasteiger partial charge in [-0.05, 0) is 24.8 Å². The lowest BCUT2D eigenvalue weighted by Crippen LogP contribution is -2.44. The maximum Gasteiger partial charge on any atom is 0.249 e. The fraction of sp³-hybridized carbons (Fsp3) is 0.500. The zero-order valence-corrected chi connectivity index (χ0v) is 10.3. The second kappa shape index (κ2) is 6.52. The average Bonchev–Trinajstić information content (AvgIpc) is 2.93. The largest absolute Gasteiger partial charge is 0.394 e. The number of hydrogen-bond donors (Lipinski definition) is 2. The number of amides is 1. The van der Waals surface area contributed by atoms with Crippen molar-refractivity contribution < 1.29 is 14.6 Å². The Bertz CT molecular complexity index is 374. The van der Waals surface area contributed by atoms with E-state index >= 15 is 0 Å². The van der Waals surface area contributed by atoms with E-state index in [1.165, 1.54) is 0 Å². The topological polar surface area (TPSA) is 58.6 Å². The number of hydrogen-bond acceptors (Lipinski definition) is 3. The lowest BCUT2D eigenvalue weighted by molar-refractivity contribution is -0.131. The summed E-state index contributed by atoms with van der Waals surface area (Å²) in [6.07, 6.45) is 2.00. The van der Waals surface area contributed by atoms with Gasteiger partial charge in [-0.1, -0.05) is 30.3 Å². The Morgan fingerprint density at radius 3 is 2.83 bits per heavy atom. The van der Waals surface area contributed by atoms with Gasteiger partial charge in [-0.25, -0.2) is 0 Å². The summed E-state index contributed by atoms with van der Waals surface area (Å²) in [5, 5.41) is 12.2. The van der Waals surface area contributed by atoms with Gasteiger partial charge in [0.05, 0.1) is 12.6 Å². The molecule has 1 aliphatic heterocycles. The molecular weight excluding hydrogens is 230 g/mol. The number of nitrogens with one attached hydrogen (secondary N) is 1. The van der Waals surface area contributed by atoms with Crippen molar-refractivity contribution in [2.45, 2.75) is 31.4 Å². The molecule has 1 aromatic rings. The van der Waals surface area contributed by atoms with Crippen molar-refractivity contribution in [2.24, 2.45) is 0 Å². The van der Waals surface area contributed by atoms with Crippen molar-refractivity contribution in [3.63, 3.8) is 0 Å². The van der Waals surface area contributed by atoms with Gasteiger partial charge < -0.3 is 15.2 Å². The van der Waals surface area contributed by atoms with Gasteiger partial charge in [0.1, 0.15) is 6.10 Å². The quantitative estimate of drug-likeness (QED) is 0.814. The Morgan fingerprint density at radius 1 is 1.44 bits per heavy atom. The Kier molecular flexibility index (Phi) is 4.73. The molecular formula is C14H19NO3. The fourth-order valence-electron chi connectivity index (χ4n) is 2.14. The number of aliphatic hydroxyl groups is 1. The first-order valence-corrected chi connectivity index (χ1v) is 6.36. The SMILES string of the molecule is O=C(N[C@H](CO)Cc1ccccc1)C1CCCO1. The number of benzene rings is 1. The molecule has 1 aromatic carbocycles. The van der Waals surface area contributed by atoms with Crippen molar-refractivity contribution in [3.05, 3.63) is 35.9 Å². The van der Waals surface area contributed by atoms with Crippen LogP contribution >= 0.6 is 0 Å². The van der Waals surface area contributed by atoms with Crippen LogP contribution in [0.3, 0.4) is 0 Å². The molecule has 0 aromatic heterocycles. The lowest BCUT2D eigenvalue weighted by Gasteiger charge is -2.18. The van der Waals surface area contributed by atoms with Crippen LogP contribution in [0, 0.1) is 0 Å². The Balaban J connectivity index is 1.87. The van der Waals surface area contributed by atoms with E-state index in [1.807, 2.05) is 30.3 Å². The van der Waals surface area contributed by atoms with Crippen LogP contribution in [0.25, 0.3) is 0 Å². The molecule has 4 heteroatoms. The van der Waals surface area contributed by atoms with Gasteiger partial charge >= 0.3 is 0 Å². The highest BCUT2D eigenvalue weighted by Crippen LogP contribution is 2.12.